The number of carbonyl (C=O) groups is 2. The van der Waals surface area contributed by atoms with Crippen LogP contribution in [-0.2, 0) is 4.79 Å². The summed E-state index contributed by atoms with van der Waals surface area (Å²) in [5, 5.41) is 12.0. The first kappa shape index (κ1) is 17.0. The molecule has 0 radical (unpaired) electrons. The molecule has 0 bridgehead atoms. The van der Waals surface area contributed by atoms with E-state index in [1.807, 2.05) is 18.2 Å². The number of urea groups is 1. The van der Waals surface area contributed by atoms with Crippen molar-refractivity contribution in [3.63, 3.8) is 0 Å². The van der Waals surface area contributed by atoms with Crippen molar-refractivity contribution in [1.29, 1.82) is 0 Å². The summed E-state index contributed by atoms with van der Waals surface area (Å²) >= 11 is 0. The van der Waals surface area contributed by atoms with Gasteiger partial charge in [0.05, 0.1) is 5.92 Å². The van der Waals surface area contributed by atoms with Gasteiger partial charge in [0.15, 0.2) is 5.58 Å². The van der Waals surface area contributed by atoms with E-state index in [9.17, 15) is 9.59 Å². The molecular formula is C19H18N4O4. The minimum atomic E-state index is -0.863. The monoisotopic (exact) mass is 366 g/mol. The van der Waals surface area contributed by atoms with E-state index in [2.05, 4.69) is 15.3 Å². The molecule has 1 saturated heterocycles. The molecule has 1 atom stereocenters. The lowest BCUT2D eigenvalue weighted by molar-refractivity contribution is -0.143. The summed E-state index contributed by atoms with van der Waals surface area (Å²) in [6.07, 6.45) is 2.94. The first-order chi connectivity index (χ1) is 13.1. The number of piperidine rings is 1. The summed E-state index contributed by atoms with van der Waals surface area (Å²) in [6, 6.07) is 10.4. The van der Waals surface area contributed by atoms with Gasteiger partial charge in [-0.2, -0.15) is 0 Å². The Morgan fingerprint density at radius 3 is 2.93 bits per heavy atom. The van der Waals surface area contributed by atoms with Crippen LogP contribution < -0.4 is 5.32 Å². The van der Waals surface area contributed by atoms with Crippen molar-refractivity contribution in [1.82, 2.24) is 14.9 Å². The number of hydrogen-bond acceptors (Lipinski definition) is 5. The third-order valence-electron chi connectivity index (χ3n) is 4.58. The zero-order chi connectivity index (χ0) is 18.8. The lowest BCUT2D eigenvalue weighted by atomic mass is 9.99. The van der Waals surface area contributed by atoms with Crippen LogP contribution in [0.25, 0.3) is 22.7 Å². The van der Waals surface area contributed by atoms with Crippen LogP contribution in [0.15, 0.2) is 47.0 Å². The highest BCUT2D eigenvalue weighted by Gasteiger charge is 2.28. The second-order valence-corrected chi connectivity index (χ2v) is 6.47. The number of carboxylic acids is 1. The number of benzene rings is 1. The average molecular weight is 366 g/mol. The fraction of sp³-hybridized carbons (Fsp3) is 0.263. The molecule has 27 heavy (non-hydrogen) atoms. The number of nitrogens with zero attached hydrogens (tertiary/aromatic N) is 3. The Bertz CT molecular complexity index is 986. The summed E-state index contributed by atoms with van der Waals surface area (Å²) in [5.74, 6) is -0.964. The number of rotatable bonds is 3. The Labute approximate surface area is 154 Å². The normalized spacial score (nSPS) is 17.0. The lowest BCUT2D eigenvalue weighted by Crippen LogP contribution is -2.44. The van der Waals surface area contributed by atoms with Crippen molar-refractivity contribution in [2.24, 2.45) is 5.92 Å². The van der Waals surface area contributed by atoms with Crippen LogP contribution in [0, 0.1) is 5.92 Å². The van der Waals surface area contributed by atoms with Gasteiger partial charge in [-0.3, -0.25) is 9.78 Å². The molecule has 3 aromatic rings. The van der Waals surface area contributed by atoms with Gasteiger partial charge in [-0.15, -0.1) is 0 Å². The number of aromatic nitrogens is 2. The largest absolute Gasteiger partial charge is 0.481 e. The van der Waals surface area contributed by atoms with Crippen LogP contribution in [0.4, 0.5) is 10.5 Å². The summed E-state index contributed by atoms with van der Waals surface area (Å²) < 4.78 is 5.75. The van der Waals surface area contributed by atoms with Crippen molar-refractivity contribution < 1.29 is 19.1 Å². The Kier molecular flexibility index (Phi) is 4.45. The summed E-state index contributed by atoms with van der Waals surface area (Å²) in [6.45, 7) is 0.763. The molecule has 3 heterocycles. The van der Waals surface area contributed by atoms with Crippen molar-refractivity contribution in [2.45, 2.75) is 12.8 Å². The molecule has 138 valence electrons. The van der Waals surface area contributed by atoms with Gasteiger partial charge in [0.2, 0.25) is 5.89 Å². The minimum absolute atomic E-state index is 0.218. The molecule has 0 aliphatic carbocycles. The fourth-order valence-electron chi connectivity index (χ4n) is 3.17. The van der Waals surface area contributed by atoms with E-state index in [1.165, 1.54) is 4.90 Å². The van der Waals surface area contributed by atoms with E-state index < -0.39 is 11.9 Å². The molecule has 4 rings (SSSR count). The Morgan fingerprint density at radius 1 is 1.26 bits per heavy atom. The van der Waals surface area contributed by atoms with E-state index in [0.717, 1.165) is 0 Å². The topological polar surface area (TPSA) is 109 Å². The fourth-order valence-corrected chi connectivity index (χ4v) is 3.17. The summed E-state index contributed by atoms with van der Waals surface area (Å²) in [5.41, 5.74) is 2.40. The number of likely N-dealkylation sites (tertiary alicyclic amines) is 1. The van der Waals surface area contributed by atoms with Gasteiger partial charge < -0.3 is 19.7 Å². The molecule has 0 saturated carbocycles. The zero-order valence-corrected chi connectivity index (χ0v) is 14.5. The van der Waals surface area contributed by atoms with E-state index >= 15 is 0 Å². The Morgan fingerprint density at radius 2 is 2.15 bits per heavy atom. The smallest absolute Gasteiger partial charge is 0.321 e. The van der Waals surface area contributed by atoms with E-state index in [0.29, 0.717) is 47.8 Å². The van der Waals surface area contributed by atoms with Gasteiger partial charge in [0.1, 0.15) is 11.2 Å². The molecule has 2 amide bonds. The number of fused-ring (bicyclic) bond motifs is 1. The number of amides is 2. The molecule has 1 unspecified atom stereocenters. The predicted octanol–water partition coefficient (Wildman–Crippen LogP) is 3.22. The van der Waals surface area contributed by atoms with Crippen LogP contribution in [-0.4, -0.2) is 45.1 Å². The van der Waals surface area contributed by atoms with E-state index in [4.69, 9.17) is 9.52 Å². The van der Waals surface area contributed by atoms with E-state index in [-0.39, 0.29) is 12.6 Å². The Hall–Kier alpha value is -3.42. The van der Waals surface area contributed by atoms with Gasteiger partial charge in [0, 0.05) is 31.0 Å². The molecule has 1 aliphatic heterocycles. The van der Waals surface area contributed by atoms with Gasteiger partial charge in [-0.05, 0) is 37.1 Å². The molecule has 1 aromatic carbocycles. The molecule has 0 spiro atoms. The second-order valence-electron chi connectivity index (χ2n) is 6.47. The maximum Gasteiger partial charge on any atom is 0.321 e. The zero-order valence-electron chi connectivity index (χ0n) is 14.5. The maximum absolute atomic E-state index is 12.5. The van der Waals surface area contributed by atoms with Crippen LogP contribution in [0.3, 0.4) is 0 Å². The quantitative estimate of drug-likeness (QED) is 0.737. The van der Waals surface area contributed by atoms with Gasteiger partial charge in [0.25, 0.3) is 0 Å². The first-order valence-electron chi connectivity index (χ1n) is 8.71. The van der Waals surface area contributed by atoms with Gasteiger partial charge in [-0.25, -0.2) is 9.78 Å². The maximum atomic E-state index is 12.5. The molecule has 1 fully saturated rings. The molecule has 8 nitrogen and oxygen atoms in total. The van der Waals surface area contributed by atoms with Gasteiger partial charge >= 0.3 is 12.0 Å². The number of carboxylic acid groups (broad SMARTS) is 1. The number of oxazole rings is 1. The highest BCUT2D eigenvalue weighted by atomic mass is 16.4. The van der Waals surface area contributed by atoms with Crippen LogP contribution in [0.2, 0.25) is 0 Å². The van der Waals surface area contributed by atoms with Crippen LogP contribution >= 0.6 is 0 Å². The summed E-state index contributed by atoms with van der Waals surface area (Å²) in [4.78, 5) is 33.8. The summed E-state index contributed by atoms with van der Waals surface area (Å²) in [7, 11) is 0. The number of carbonyl (C=O) groups excluding carboxylic acids is 1. The van der Waals surface area contributed by atoms with Crippen molar-refractivity contribution in [3.05, 3.63) is 42.6 Å². The number of aliphatic carboxylic acids is 1. The third kappa shape index (κ3) is 3.59. The van der Waals surface area contributed by atoms with E-state index in [1.54, 1.807) is 24.4 Å². The number of pyridine rings is 1. The SMILES string of the molecule is O=C(O)C1CCCN(C(=O)Nc2ccc3nc(-c4ccccn4)oc3c2)C1. The standard InChI is InChI=1S/C19H18N4O4/c24-18(25)12-4-3-9-23(11-12)19(26)21-13-6-7-14-16(10-13)27-17(22-14)15-5-1-2-8-20-15/h1-2,5-8,10,12H,3-4,9,11H2,(H,21,26)(H,24,25). The van der Waals surface area contributed by atoms with Crippen molar-refractivity contribution in [3.8, 4) is 11.6 Å². The second kappa shape index (κ2) is 7.06. The Balaban J connectivity index is 1.50. The molecule has 8 heteroatoms. The molecule has 2 aromatic heterocycles. The predicted molar refractivity (Wildman–Crippen MR) is 98.2 cm³/mol. The number of hydrogen-bond donors (Lipinski definition) is 2. The highest BCUT2D eigenvalue weighted by Crippen LogP contribution is 2.25. The lowest BCUT2D eigenvalue weighted by Gasteiger charge is -2.30. The molecule has 1 aliphatic rings. The van der Waals surface area contributed by atoms with Crippen molar-refractivity contribution in [2.75, 3.05) is 18.4 Å². The molecule has 2 N–H and O–H groups in total. The molecular weight excluding hydrogens is 348 g/mol. The van der Waals surface area contributed by atoms with Crippen LogP contribution in [0.5, 0.6) is 0 Å². The van der Waals surface area contributed by atoms with Crippen molar-refractivity contribution >= 4 is 28.8 Å². The van der Waals surface area contributed by atoms with Crippen LogP contribution in [0.1, 0.15) is 12.8 Å². The number of nitrogens with one attached hydrogen (secondary N) is 1. The minimum Gasteiger partial charge on any atom is -0.481 e. The third-order valence-corrected chi connectivity index (χ3v) is 4.58. The highest BCUT2D eigenvalue weighted by molar-refractivity contribution is 5.92. The van der Waals surface area contributed by atoms with Gasteiger partial charge in [-0.1, -0.05) is 6.07 Å². The number of anilines is 1. The first-order valence-corrected chi connectivity index (χ1v) is 8.71. The average Bonchev–Trinajstić information content (AvgIpc) is 3.12.